The van der Waals surface area contributed by atoms with E-state index in [4.69, 9.17) is 67.6 Å². The van der Waals surface area contributed by atoms with Crippen LogP contribution in [-0.2, 0) is 20.0 Å². The highest BCUT2D eigenvalue weighted by Crippen LogP contribution is 2.49. The first-order valence-corrected chi connectivity index (χ1v) is 14.7. The van der Waals surface area contributed by atoms with Crippen LogP contribution in [0.25, 0.3) is 0 Å². The zero-order valence-electron chi connectivity index (χ0n) is 23.2. The van der Waals surface area contributed by atoms with Crippen LogP contribution in [-0.4, -0.2) is 45.7 Å². The topological polar surface area (TPSA) is 87.3 Å². The molecule has 0 amide bonds. The van der Waals surface area contributed by atoms with E-state index >= 15 is 0 Å². The number of carbonyl (C=O) groups excluding carboxylic acids is 1. The van der Waals surface area contributed by atoms with Gasteiger partial charge in [0.25, 0.3) is 5.60 Å². The van der Waals surface area contributed by atoms with Gasteiger partial charge < -0.3 is 14.4 Å². The molecule has 3 unspecified atom stereocenters. The molecule has 0 N–H and O–H groups in total. The molecule has 0 saturated carbocycles. The summed E-state index contributed by atoms with van der Waals surface area (Å²) in [7, 11) is 0. The van der Waals surface area contributed by atoms with Crippen LogP contribution < -0.4 is 0 Å². The molecule has 0 fully saturated rings. The summed E-state index contributed by atoms with van der Waals surface area (Å²) >= 11 is 28.7. The number of aromatic nitrogens is 2. The maximum Gasteiger partial charge on any atom is 0.435 e. The number of hydrogen-bond acceptors (Lipinski definition) is 7. The molecule has 3 aromatic rings. The van der Waals surface area contributed by atoms with Gasteiger partial charge in [-0.3, -0.25) is 0 Å². The van der Waals surface area contributed by atoms with Crippen LogP contribution in [0.5, 0.6) is 0 Å². The van der Waals surface area contributed by atoms with Crippen molar-refractivity contribution in [2.75, 3.05) is 6.61 Å². The third kappa shape index (κ3) is 7.62. The summed E-state index contributed by atoms with van der Waals surface area (Å²) < 4.78 is 86.9. The van der Waals surface area contributed by atoms with E-state index in [1.54, 1.807) is 6.92 Å². The Morgan fingerprint density at radius 3 is 2.00 bits per heavy atom. The van der Waals surface area contributed by atoms with Crippen LogP contribution >= 0.6 is 58.0 Å². The molecule has 248 valence electrons. The molecular formula is C27H19Cl5F6N4O4. The average molecular weight is 755 g/mol. The molecule has 0 aliphatic carbocycles. The lowest BCUT2D eigenvalue weighted by Gasteiger charge is -2.29. The predicted molar refractivity (Wildman–Crippen MR) is 159 cm³/mol. The molecule has 46 heavy (non-hydrogen) atoms. The quantitative estimate of drug-likeness (QED) is 0.196. The number of halogens is 11. The van der Waals surface area contributed by atoms with Crippen molar-refractivity contribution < 1.29 is 45.5 Å². The monoisotopic (exact) mass is 752 g/mol. The van der Waals surface area contributed by atoms with Gasteiger partial charge in [0, 0.05) is 31.9 Å². The van der Waals surface area contributed by atoms with Crippen molar-refractivity contribution in [3.63, 3.8) is 0 Å². The fourth-order valence-corrected chi connectivity index (χ4v) is 5.79. The number of nitrogens with zero attached hydrogens (tertiary/aromatic N) is 4. The third-order valence-electron chi connectivity index (χ3n) is 6.52. The Bertz CT molecular complexity index is 1660. The van der Waals surface area contributed by atoms with Crippen molar-refractivity contribution in [3.05, 3.63) is 85.1 Å². The molecule has 19 heteroatoms. The molecule has 0 radical (unpaired) electrons. The summed E-state index contributed by atoms with van der Waals surface area (Å²) in [6.07, 6.45) is -10.4. The molecule has 5 rings (SSSR count). The van der Waals surface area contributed by atoms with E-state index in [1.165, 1.54) is 31.2 Å². The number of benzene rings is 2. The van der Waals surface area contributed by atoms with E-state index < -0.39 is 48.2 Å². The standard InChI is InChI=1S/C17H14Cl2F3N3O3.C10H5Cl3F3NO/c1-3-27-16(26)12-7-25(23-8(12)2)15-13(17(20,21)22)14(28-24-15)9-4-10(18)6-11(19)5-9;11-6-1-5(2-7(12)3-6)9(10(14,15)16)4-8(13)17-18-9/h4-7,13-14H,3H2,1-2H3;1-3H,4H2. The Morgan fingerprint density at radius 2 is 1.52 bits per heavy atom. The number of ether oxygens (including phenoxy) is 1. The smallest absolute Gasteiger partial charge is 0.435 e. The Kier molecular flexibility index (Phi) is 10.7. The zero-order chi connectivity index (χ0) is 34.2. The summed E-state index contributed by atoms with van der Waals surface area (Å²) in [6, 6.07) is 7.64. The Hall–Kier alpha value is -2.91. The predicted octanol–water partition coefficient (Wildman–Crippen LogP) is 9.51. The Morgan fingerprint density at radius 1 is 0.957 bits per heavy atom. The number of carbonyl (C=O) groups is 1. The van der Waals surface area contributed by atoms with Gasteiger partial charge in [0.2, 0.25) is 0 Å². The van der Waals surface area contributed by atoms with E-state index in [1.807, 2.05) is 0 Å². The lowest BCUT2D eigenvalue weighted by Crippen LogP contribution is -2.42. The van der Waals surface area contributed by atoms with Crippen molar-refractivity contribution in [1.82, 2.24) is 9.78 Å². The van der Waals surface area contributed by atoms with E-state index in [9.17, 15) is 31.1 Å². The summed E-state index contributed by atoms with van der Waals surface area (Å²) in [5.41, 5.74) is -2.49. The lowest BCUT2D eigenvalue weighted by atomic mass is 9.90. The second-order valence-electron chi connectivity index (χ2n) is 9.71. The van der Waals surface area contributed by atoms with Crippen molar-refractivity contribution in [1.29, 1.82) is 0 Å². The summed E-state index contributed by atoms with van der Waals surface area (Å²) in [6.45, 7) is 3.22. The van der Waals surface area contributed by atoms with E-state index in [-0.39, 0.29) is 54.3 Å². The van der Waals surface area contributed by atoms with Crippen LogP contribution in [0.1, 0.15) is 46.6 Å². The minimum atomic E-state index is -4.71. The number of aryl methyl sites for hydroxylation is 1. The molecule has 3 atom stereocenters. The molecule has 0 saturated heterocycles. The molecular weight excluding hydrogens is 736 g/mol. The lowest BCUT2D eigenvalue weighted by molar-refractivity contribution is -0.275. The van der Waals surface area contributed by atoms with Crippen LogP contribution in [0.15, 0.2) is 52.9 Å². The summed E-state index contributed by atoms with van der Waals surface area (Å²) in [4.78, 5) is 21.5. The van der Waals surface area contributed by atoms with E-state index in [0.717, 1.165) is 23.0 Å². The maximum atomic E-state index is 13.9. The van der Waals surface area contributed by atoms with Gasteiger partial charge in [-0.05, 0) is 55.8 Å². The normalized spacial score (nSPS) is 21.1. The molecule has 8 nitrogen and oxygen atoms in total. The number of esters is 1. The minimum absolute atomic E-state index is 0.0414. The fourth-order valence-electron chi connectivity index (χ4n) is 4.50. The van der Waals surface area contributed by atoms with Gasteiger partial charge in [0.1, 0.15) is 10.7 Å². The number of rotatable bonds is 4. The molecule has 3 heterocycles. The fraction of sp³-hybridized carbons (Fsp3) is 0.333. The molecule has 2 aliphatic heterocycles. The first-order chi connectivity index (χ1) is 21.4. The minimum Gasteiger partial charge on any atom is -0.462 e. The van der Waals surface area contributed by atoms with E-state index in [0.29, 0.717) is 0 Å². The van der Waals surface area contributed by atoms with Crippen molar-refractivity contribution in [2.45, 2.75) is 44.3 Å². The Balaban J connectivity index is 0.000000230. The third-order valence-corrected chi connectivity index (χ3v) is 7.59. The van der Waals surface area contributed by atoms with Gasteiger partial charge in [-0.2, -0.15) is 31.4 Å². The van der Waals surface area contributed by atoms with Crippen molar-refractivity contribution in [3.8, 4) is 0 Å². The van der Waals surface area contributed by atoms with E-state index in [2.05, 4.69) is 20.2 Å². The van der Waals surface area contributed by atoms with Gasteiger partial charge >= 0.3 is 18.3 Å². The summed E-state index contributed by atoms with van der Waals surface area (Å²) in [5.74, 6) is -3.34. The SMILES string of the molecule is CCOC(=O)c1cn(C2=NOC(c3cc(Cl)cc(Cl)c3)C2C(F)(F)F)nc1C.FC(F)(F)C1(c2cc(Cl)cc(Cl)c2)CC(Cl)=NO1. The van der Waals surface area contributed by atoms with Crippen molar-refractivity contribution in [2.24, 2.45) is 16.2 Å². The van der Waals surface area contributed by atoms with Gasteiger partial charge in [-0.1, -0.05) is 68.3 Å². The average Bonchev–Trinajstić information content (AvgIpc) is 3.64. The van der Waals surface area contributed by atoms with Gasteiger partial charge in [0.05, 0.1) is 18.7 Å². The second-order valence-corrected chi connectivity index (χ2v) is 11.9. The first-order valence-electron chi connectivity index (χ1n) is 12.8. The van der Waals surface area contributed by atoms with Crippen LogP contribution in [0, 0.1) is 12.8 Å². The number of oxime groups is 2. The maximum absolute atomic E-state index is 13.9. The number of alkyl halides is 6. The largest absolute Gasteiger partial charge is 0.462 e. The highest BCUT2D eigenvalue weighted by atomic mass is 35.5. The van der Waals surface area contributed by atoms with Crippen LogP contribution in [0.4, 0.5) is 26.3 Å². The highest BCUT2D eigenvalue weighted by Gasteiger charge is 2.62. The second kappa shape index (κ2) is 13.7. The Labute approximate surface area is 281 Å². The van der Waals surface area contributed by atoms with Gasteiger partial charge in [-0.15, -0.1) is 0 Å². The molecule has 0 spiro atoms. The zero-order valence-corrected chi connectivity index (χ0v) is 27.0. The molecule has 0 bridgehead atoms. The van der Waals surface area contributed by atoms with Gasteiger partial charge in [0.15, 0.2) is 17.9 Å². The molecule has 2 aromatic carbocycles. The first kappa shape index (κ1) is 35.9. The molecule has 2 aliphatic rings. The molecule has 1 aromatic heterocycles. The summed E-state index contributed by atoms with van der Waals surface area (Å²) in [5, 5.41) is 11.0. The van der Waals surface area contributed by atoms with Gasteiger partial charge in [-0.25, -0.2) is 9.48 Å². The van der Waals surface area contributed by atoms with Crippen LogP contribution in [0.2, 0.25) is 20.1 Å². The number of hydrogen-bond donors (Lipinski definition) is 0. The highest BCUT2D eigenvalue weighted by molar-refractivity contribution is 6.65. The van der Waals surface area contributed by atoms with Crippen LogP contribution in [0.3, 0.4) is 0 Å². The van der Waals surface area contributed by atoms with Crippen molar-refractivity contribution >= 4 is 75.0 Å².